The van der Waals surface area contributed by atoms with Crippen molar-refractivity contribution in [3.05, 3.63) is 17.8 Å². The summed E-state index contributed by atoms with van der Waals surface area (Å²) in [5.74, 6) is -1.28. The smallest absolute Gasteiger partial charge is 0.264 e. The van der Waals surface area contributed by atoms with Gasteiger partial charge in [-0.15, -0.1) is 0 Å². The van der Waals surface area contributed by atoms with Crippen molar-refractivity contribution in [3.8, 4) is 0 Å². The number of hydrogen-bond acceptors (Lipinski definition) is 8. The third-order valence-electron chi connectivity index (χ3n) is 4.37. The molecule has 0 aromatic carbocycles. The van der Waals surface area contributed by atoms with Gasteiger partial charge < -0.3 is 14.2 Å². The van der Waals surface area contributed by atoms with E-state index >= 15 is 0 Å². The van der Waals surface area contributed by atoms with E-state index in [1.54, 1.807) is 18.4 Å². The summed E-state index contributed by atoms with van der Waals surface area (Å²) in [7, 11) is -4.11. The zero-order valence-electron chi connectivity index (χ0n) is 13.9. The van der Waals surface area contributed by atoms with Crippen molar-refractivity contribution in [1.82, 2.24) is 19.5 Å². The summed E-state index contributed by atoms with van der Waals surface area (Å²) in [4.78, 5) is 12.3. The van der Waals surface area contributed by atoms with Crippen LogP contribution in [0.2, 0.25) is 5.15 Å². The van der Waals surface area contributed by atoms with Gasteiger partial charge in [-0.25, -0.2) is 15.0 Å². The highest BCUT2D eigenvalue weighted by Gasteiger charge is 2.56. The summed E-state index contributed by atoms with van der Waals surface area (Å²) in [6.07, 6.45) is 0.702. The Kier molecular flexibility index (Phi) is 4.21. The van der Waals surface area contributed by atoms with Gasteiger partial charge in [0.05, 0.1) is 18.2 Å². The predicted molar refractivity (Wildman–Crippen MR) is 89.1 cm³/mol. The van der Waals surface area contributed by atoms with Gasteiger partial charge in [0.15, 0.2) is 22.8 Å². The van der Waals surface area contributed by atoms with Crippen LogP contribution in [-0.4, -0.2) is 62.3 Å². The second-order valence-corrected chi connectivity index (χ2v) is 8.62. The van der Waals surface area contributed by atoms with E-state index in [1.807, 2.05) is 0 Å². The maximum Gasteiger partial charge on any atom is 0.264 e. The van der Waals surface area contributed by atoms with Gasteiger partial charge in [-0.2, -0.15) is 8.42 Å². The number of rotatable bonds is 4. The first-order chi connectivity index (χ1) is 12.1. The Morgan fingerprint density at radius 3 is 2.73 bits per heavy atom. The molecular formula is C14H17ClN4O6S. The maximum atomic E-state index is 11.1. The third kappa shape index (κ3) is 3.19. The highest BCUT2D eigenvalue weighted by atomic mass is 35.5. The molecule has 142 valence electrons. The lowest BCUT2D eigenvalue weighted by atomic mass is 10.1. The molecule has 2 aromatic rings. The molecule has 10 nitrogen and oxygen atoms in total. The van der Waals surface area contributed by atoms with Gasteiger partial charge in [-0.05, 0) is 20.3 Å². The summed E-state index contributed by atoms with van der Waals surface area (Å²) in [5, 5.41) is 0.218. The monoisotopic (exact) mass is 404 g/mol. The van der Waals surface area contributed by atoms with Crippen LogP contribution in [0.1, 0.15) is 26.5 Å². The molecule has 0 bridgehead atoms. The zero-order chi connectivity index (χ0) is 18.7. The van der Waals surface area contributed by atoms with Crippen LogP contribution in [0.25, 0.3) is 11.2 Å². The van der Waals surface area contributed by atoms with Gasteiger partial charge >= 0.3 is 0 Å². The fourth-order valence-electron chi connectivity index (χ4n) is 3.39. The van der Waals surface area contributed by atoms with Crippen LogP contribution >= 0.6 is 11.6 Å². The van der Waals surface area contributed by atoms with Crippen LogP contribution in [0.5, 0.6) is 0 Å². The maximum absolute atomic E-state index is 11.1. The Morgan fingerprint density at radius 2 is 2.00 bits per heavy atom. The molecule has 0 amide bonds. The van der Waals surface area contributed by atoms with Gasteiger partial charge in [0.2, 0.25) is 0 Å². The lowest BCUT2D eigenvalue weighted by molar-refractivity contribution is -0.196. The van der Waals surface area contributed by atoms with Gasteiger partial charge in [0.25, 0.3) is 10.1 Å². The molecule has 0 spiro atoms. The molecule has 0 radical (unpaired) electrons. The molecule has 0 unspecified atom stereocenters. The first-order valence-electron chi connectivity index (χ1n) is 7.94. The van der Waals surface area contributed by atoms with Gasteiger partial charge in [-0.3, -0.25) is 9.12 Å². The van der Waals surface area contributed by atoms with Crippen LogP contribution in [0, 0.1) is 0 Å². The lowest BCUT2D eigenvalue weighted by Gasteiger charge is -2.24. The topological polar surface area (TPSA) is 126 Å². The Morgan fingerprint density at radius 1 is 1.27 bits per heavy atom. The average Bonchev–Trinajstić information content (AvgIpc) is 3.16. The summed E-state index contributed by atoms with van der Waals surface area (Å²) < 4.78 is 50.8. The molecule has 2 aliphatic heterocycles. The number of halogens is 1. The van der Waals surface area contributed by atoms with Crippen LogP contribution in [-0.2, 0) is 24.3 Å². The van der Waals surface area contributed by atoms with E-state index in [-0.39, 0.29) is 11.6 Å². The Bertz CT molecular complexity index is 948. The van der Waals surface area contributed by atoms with E-state index in [2.05, 4.69) is 15.0 Å². The molecule has 4 heterocycles. The van der Waals surface area contributed by atoms with Crippen LogP contribution in [0.3, 0.4) is 0 Å². The summed E-state index contributed by atoms with van der Waals surface area (Å²) in [5.41, 5.74) is 0.895. The SMILES string of the molecule is CC1(C)O[C@@H]2[C@H](O1)[C@@H](CCS(=O)(=O)O)O[C@H]2n1cnc2c(Cl)ncnc21. The second kappa shape index (κ2) is 6.08. The van der Waals surface area contributed by atoms with Crippen molar-refractivity contribution >= 4 is 32.9 Å². The molecule has 2 aliphatic rings. The number of hydrogen-bond donors (Lipinski definition) is 1. The van der Waals surface area contributed by atoms with Crippen LogP contribution in [0.15, 0.2) is 12.7 Å². The third-order valence-corrected chi connectivity index (χ3v) is 5.40. The molecule has 2 fully saturated rings. The standard InChI is InChI=1S/C14H17ClN4O6S/c1-14(2)24-9-7(3-4-26(20,21)22)23-13(10(9)25-14)19-6-18-8-11(15)16-5-17-12(8)19/h5-7,9-10,13H,3-4H2,1-2H3,(H,20,21,22)/t7-,9-,10-,13-/m1/s1. The largest absolute Gasteiger partial charge is 0.349 e. The van der Waals surface area contributed by atoms with Crippen molar-refractivity contribution < 1.29 is 27.2 Å². The quantitative estimate of drug-likeness (QED) is 0.590. The Labute approximate surface area is 154 Å². The second-order valence-electron chi connectivity index (χ2n) is 6.69. The minimum Gasteiger partial charge on any atom is -0.349 e. The van der Waals surface area contributed by atoms with Gasteiger partial charge in [0.1, 0.15) is 24.1 Å². The molecule has 4 atom stereocenters. The van der Waals surface area contributed by atoms with E-state index in [1.165, 1.54) is 12.7 Å². The molecule has 12 heteroatoms. The Hall–Kier alpha value is -1.37. The van der Waals surface area contributed by atoms with E-state index in [4.69, 9.17) is 30.4 Å². The van der Waals surface area contributed by atoms with Crippen molar-refractivity contribution in [2.45, 2.75) is 50.6 Å². The number of ether oxygens (including phenoxy) is 3. The first-order valence-corrected chi connectivity index (χ1v) is 9.93. The molecule has 0 aliphatic carbocycles. The van der Waals surface area contributed by atoms with Gasteiger partial charge in [0, 0.05) is 0 Å². The van der Waals surface area contributed by atoms with Crippen LogP contribution < -0.4 is 0 Å². The molecule has 2 saturated heterocycles. The summed E-state index contributed by atoms with van der Waals surface area (Å²) in [6.45, 7) is 3.54. The number of fused-ring (bicyclic) bond motifs is 2. The summed E-state index contributed by atoms with van der Waals surface area (Å²) >= 11 is 6.04. The number of imidazole rings is 1. The fraction of sp³-hybridized carbons (Fsp3) is 0.643. The molecule has 0 saturated carbocycles. The van der Waals surface area contributed by atoms with Crippen LogP contribution in [0.4, 0.5) is 0 Å². The first kappa shape index (κ1) is 18.0. The van der Waals surface area contributed by atoms with E-state index in [0.29, 0.717) is 11.2 Å². The molecule has 2 aromatic heterocycles. The van der Waals surface area contributed by atoms with Crippen molar-refractivity contribution in [2.24, 2.45) is 0 Å². The highest BCUT2D eigenvalue weighted by Crippen LogP contribution is 2.44. The van der Waals surface area contributed by atoms with E-state index in [9.17, 15) is 8.42 Å². The molecular weight excluding hydrogens is 388 g/mol. The molecule has 4 rings (SSSR count). The van der Waals surface area contributed by atoms with Gasteiger partial charge in [-0.1, -0.05) is 11.6 Å². The normalized spacial score (nSPS) is 30.8. The molecule has 26 heavy (non-hydrogen) atoms. The average molecular weight is 405 g/mol. The van der Waals surface area contributed by atoms with E-state index in [0.717, 1.165) is 0 Å². The molecule has 1 N–H and O–H groups in total. The van der Waals surface area contributed by atoms with Crippen molar-refractivity contribution in [2.75, 3.05) is 5.75 Å². The lowest BCUT2D eigenvalue weighted by Crippen LogP contribution is -2.31. The predicted octanol–water partition coefficient (Wildman–Crippen LogP) is 1.18. The number of aromatic nitrogens is 4. The van der Waals surface area contributed by atoms with Crippen molar-refractivity contribution in [3.63, 3.8) is 0 Å². The minimum absolute atomic E-state index is 0.0678. The fourth-order valence-corrected chi connectivity index (χ4v) is 4.10. The zero-order valence-corrected chi connectivity index (χ0v) is 15.5. The van der Waals surface area contributed by atoms with Crippen molar-refractivity contribution in [1.29, 1.82) is 0 Å². The minimum atomic E-state index is -4.11. The highest BCUT2D eigenvalue weighted by molar-refractivity contribution is 7.85. The Balaban J connectivity index is 1.68. The summed E-state index contributed by atoms with van der Waals surface area (Å²) in [6, 6.07) is 0. The van der Waals surface area contributed by atoms with E-state index < -0.39 is 46.2 Å². The number of nitrogens with zero attached hydrogens (tertiary/aromatic N) is 4.